The Morgan fingerprint density at radius 1 is 1.44 bits per heavy atom. The normalized spacial score (nSPS) is 9.56. The molecular formula is C10H7LiN2O2S. The summed E-state index contributed by atoms with van der Waals surface area (Å²) in [5.41, 5.74) is 1.25. The van der Waals surface area contributed by atoms with Crippen molar-refractivity contribution in [3.05, 3.63) is 35.0 Å². The first-order valence-corrected chi connectivity index (χ1v) is 5.14. The average Bonchev–Trinajstić information content (AvgIpc) is 2.70. The van der Waals surface area contributed by atoms with Gasteiger partial charge in [-0.05, 0) is 18.6 Å². The molecule has 0 amide bonds. The summed E-state index contributed by atoms with van der Waals surface area (Å²) >= 11 is 1.35. The molecule has 2 aromatic heterocycles. The number of aryl methyl sites for hydroxylation is 1. The molecule has 6 heteroatoms. The van der Waals surface area contributed by atoms with Crippen molar-refractivity contribution < 1.29 is 28.8 Å². The molecule has 4 nitrogen and oxygen atoms in total. The predicted octanol–water partition coefficient (Wildman–Crippen LogP) is -2.12. The number of pyridine rings is 1. The molecule has 0 spiro atoms. The summed E-state index contributed by atoms with van der Waals surface area (Å²) in [6.07, 6.45) is 3.23. The summed E-state index contributed by atoms with van der Waals surface area (Å²) in [4.78, 5) is 19.0. The zero-order chi connectivity index (χ0) is 10.8. The SMILES string of the molecule is Cc1cnc(-c2nccs2)c(C(=O)[O-])c1.[Li+]. The van der Waals surface area contributed by atoms with E-state index in [1.165, 1.54) is 11.3 Å². The van der Waals surface area contributed by atoms with Crippen LogP contribution in [0.1, 0.15) is 15.9 Å². The number of nitrogens with zero attached hydrogens (tertiary/aromatic N) is 2. The van der Waals surface area contributed by atoms with Crippen LogP contribution in [-0.2, 0) is 0 Å². The minimum atomic E-state index is -1.23. The Morgan fingerprint density at radius 3 is 2.75 bits per heavy atom. The third kappa shape index (κ3) is 2.50. The number of aromatic nitrogens is 2. The van der Waals surface area contributed by atoms with Crippen LogP contribution in [0.5, 0.6) is 0 Å². The van der Waals surface area contributed by atoms with Crippen LogP contribution in [0.15, 0.2) is 23.8 Å². The van der Waals surface area contributed by atoms with Crippen molar-refractivity contribution in [2.45, 2.75) is 6.92 Å². The van der Waals surface area contributed by atoms with E-state index >= 15 is 0 Å². The average molecular weight is 226 g/mol. The molecule has 0 fully saturated rings. The minimum Gasteiger partial charge on any atom is -0.545 e. The number of hydrogen-bond acceptors (Lipinski definition) is 5. The second-order valence-electron chi connectivity index (χ2n) is 3.03. The van der Waals surface area contributed by atoms with Gasteiger partial charge in [-0.1, -0.05) is 0 Å². The molecule has 0 saturated carbocycles. The Balaban J connectivity index is 0.00000128. The van der Waals surface area contributed by atoms with Crippen molar-refractivity contribution >= 4 is 17.3 Å². The molecule has 2 rings (SSSR count). The fraction of sp³-hybridized carbons (Fsp3) is 0.100. The maximum atomic E-state index is 10.9. The number of aromatic carboxylic acids is 1. The molecule has 76 valence electrons. The summed E-state index contributed by atoms with van der Waals surface area (Å²) in [7, 11) is 0. The van der Waals surface area contributed by atoms with Crippen molar-refractivity contribution in [2.75, 3.05) is 0 Å². The van der Waals surface area contributed by atoms with Gasteiger partial charge in [-0.15, -0.1) is 11.3 Å². The van der Waals surface area contributed by atoms with E-state index in [0.29, 0.717) is 10.7 Å². The van der Waals surface area contributed by atoms with E-state index in [4.69, 9.17) is 0 Å². The number of carboxylic acid groups (broad SMARTS) is 1. The summed E-state index contributed by atoms with van der Waals surface area (Å²) in [6.45, 7) is 1.78. The van der Waals surface area contributed by atoms with Gasteiger partial charge in [0.25, 0.3) is 0 Å². The van der Waals surface area contributed by atoms with E-state index in [9.17, 15) is 9.90 Å². The van der Waals surface area contributed by atoms with Crippen molar-refractivity contribution in [1.29, 1.82) is 0 Å². The second-order valence-corrected chi connectivity index (χ2v) is 3.93. The minimum absolute atomic E-state index is 0. The van der Waals surface area contributed by atoms with Crippen molar-refractivity contribution in [3.63, 3.8) is 0 Å². The van der Waals surface area contributed by atoms with Crippen LogP contribution in [0.2, 0.25) is 0 Å². The quantitative estimate of drug-likeness (QED) is 0.549. The first kappa shape index (κ1) is 12.9. The van der Waals surface area contributed by atoms with Gasteiger partial charge in [0.1, 0.15) is 10.7 Å². The number of hydrogen-bond donors (Lipinski definition) is 0. The van der Waals surface area contributed by atoms with E-state index < -0.39 is 5.97 Å². The van der Waals surface area contributed by atoms with E-state index in [1.807, 2.05) is 0 Å². The predicted molar refractivity (Wildman–Crippen MR) is 54.4 cm³/mol. The fourth-order valence-corrected chi connectivity index (χ4v) is 1.88. The second kappa shape index (κ2) is 5.26. The van der Waals surface area contributed by atoms with Gasteiger partial charge in [-0.2, -0.15) is 0 Å². The Labute approximate surface area is 109 Å². The zero-order valence-electron chi connectivity index (χ0n) is 8.93. The van der Waals surface area contributed by atoms with Gasteiger partial charge in [0.15, 0.2) is 0 Å². The van der Waals surface area contributed by atoms with Crippen LogP contribution < -0.4 is 24.0 Å². The van der Waals surface area contributed by atoms with Gasteiger partial charge in [0.05, 0.1) is 5.97 Å². The van der Waals surface area contributed by atoms with Crippen LogP contribution in [0.25, 0.3) is 10.7 Å². The number of rotatable bonds is 2. The van der Waals surface area contributed by atoms with Crippen LogP contribution >= 0.6 is 11.3 Å². The van der Waals surface area contributed by atoms with E-state index in [1.54, 1.807) is 30.8 Å². The standard InChI is InChI=1S/C10H8N2O2S.Li/c1-6-4-7(10(13)14)8(12-5-6)9-11-2-3-15-9;/h2-5H,1H3,(H,13,14);/q;+1/p-1. The maximum absolute atomic E-state index is 10.9. The smallest absolute Gasteiger partial charge is 0.545 e. The molecule has 0 radical (unpaired) electrons. The van der Waals surface area contributed by atoms with Gasteiger partial charge in [0, 0.05) is 23.3 Å². The van der Waals surface area contributed by atoms with Gasteiger partial charge >= 0.3 is 18.9 Å². The van der Waals surface area contributed by atoms with Crippen LogP contribution in [0.3, 0.4) is 0 Å². The van der Waals surface area contributed by atoms with E-state index in [0.717, 1.165) is 5.56 Å². The Morgan fingerprint density at radius 2 is 2.19 bits per heavy atom. The van der Waals surface area contributed by atoms with Gasteiger partial charge in [-0.3, -0.25) is 4.98 Å². The molecular weight excluding hydrogens is 219 g/mol. The monoisotopic (exact) mass is 226 g/mol. The topological polar surface area (TPSA) is 65.9 Å². The molecule has 2 heterocycles. The van der Waals surface area contributed by atoms with Crippen molar-refractivity contribution in [2.24, 2.45) is 0 Å². The molecule has 0 aliphatic heterocycles. The van der Waals surface area contributed by atoms with Crippen molar-refractivity contribution in [3.8, 4) is 10.7 Å². The van der Waals surface area contributed by atoms with Crippen LogP contribution in [-0.4, -0.2) is 15.9 Å². The van der Waals surface area contributed by atoms with Gasteiger partial charge in [-0.25, -0.2) is 4.98 Å². The first-order chi connectivity index (χ1) is 7.18. The molecule has 0 unspecified atom stereocenters. The molecule has 0 aliphatic rings. The van der Waals surface area contributed by atoms with Crippen LogP contribution in [0, 0.1) is 6.92 Å². The summed E-state index contributed by atoms with van der Waals surface area (Å²) < 4.78 is 0. The summed E-state index contributed by atoms with van der Waals surface area (Å²) in [5, 5.41) is 13.3. The third-order valence-electron chi connectivity index (χ3n) is 1.88. The summed E-state index contributed by atoms with van der Waals surface area (Å²) in [5.74, 6) is -1.23. The Kier molecular flexibility index (Phi) is 4.24. The maximum Gasteiger partial charge on any atom is 1.00 e. The number of carboxylic acids is 1. The molecule has 0 atom stereocenters. The Bertz CT molecular complexity index is 500. The molecule has 2 aromatic rings. The molecule has 0 bridgehead atoms. The number of thiazole rings is 1. The molecule has 16 heavy (non-hydrogen) atoms. The fourth-order valence-electron chi connectivity index (χ4n) is 1.24. The van der Waals surface area contributed by atoms with E-state index in [2.05, 4.69) is 9.97 Å². The molecule has 0 N–H and O–H groups in total. The number of carbonyl (C=O) groups is 1. The van der Waals surface area contributed by atoms with Gasteiger partial charge in [0.2, 0.25) is 0 Å². The molecule has 0 saturated heterocycles. The molecule has 0 aliphatic carbocycles. The van der Waals surface area contributed by atoms with Gasteiger partial charge < -0.3 is 9.90 Å². The summed E-state index contributed by atoms with van der Waals surface area (Å²) in [6, 6.07) is 1.54. The zero-order valence-corrected chi connectivity index (χ0v) is 9.75. The third-order valence-corrected chi connectivity index (χ3v) is 2.66. The van der Waals surface area contributed by atoms with Crippen molar-refractivity contribution in [1.82, 2.24) is 9.97 Å². The number of carbonyl (C=O) groups excluding carboxylic acids is 1. The van der Waals surface area contributed by atoms with Crippen LogP contribution in [0.4, 0.5) is 0 Å². The molecule has 0 aromatic carbocycles. The largest absolute Gasteiger partial charge is 1.00 e. The first-order valence-electron chi connectivity index (χ1n) is 4.26. The Hall–Kier alpha value is -1.15. The van der Waals surface area contributed by atoms with E-state index in [-0.39, 0.29) is 24.4 Å².